The van der Waals surface area contributed by atoms with E-state index in [-0.39, 0.29) is 25.4 Å². The second-order valence-electron chi connectivity index (χ2n) is 4.93. The minimum atomic E-state index is -1.49. The molecule has 0 aromatic heterocycles. The molecule has 0 unspecified atom stereocenters. The van der Waals surface area contributed by atoms with Crippen molar-refractivity contribution in [3.63, 3.8) is 0 Å². The largest absolute Gasteiger partial charge is 0.479 e. The molecule has 0 heterocycles. The molecule has 0 rings (SSSR count). The predicted octanol–water partition coefficient (Wildman–Crippen LogP) is -0.899. The molecule has 2 amide bonds. The van der Waals surface area contributed by atoms with Gasteiger partial charge in [-0.2, -0.15) is 0 Å². The molecule has 0 aromatic carbocycles. The number of rotatable bonds is 6. The van der Waals surface area contributed by atoms with Gasteiger partial charge in [0, 0.05) is 18.4 Å². The van der Waals surface area contributed by atoms with Crippen molar-refractivity contribution in [2.45, 2.75) is 33.3 Å². The molecule has 0 fully saturated rings. The molecule has 0 radical (unpaired) electrons. The Labute approximate surface area is 106 Å². The first-order valence-corrected chi connectivity index (χ1v) is 5.60. The minimum Gasteiger partial charge on any atom is -0.479 e. The van der Waals surface area contributed by atoms with Gasteiger partial charge in [0.05, 0.1) is 6.54 Å². The Morgan fingerprint density at radius 1 is 1.17 bits per heavy atom. The smallest absolute Gasteiger partial charge is 0.332 e. The number of carbonyl (C=O) groups is 3. The van der Waals surface area contributed by atoms with Gasteiger partial charge in [-0.3, -0.25) is 9.59 Å². The summed E-state index contributed by atoms with van der Waals surface area (Å²) in [6, 6.07) is 0. The fourth-order valence-electron chi connectivity index (χ4n) is 0.960. The summed E-state index contributed by atoms with van der Waals surface area (Å²) in [6.45, 7) is 5.05. The van der Waals surface area contributed by atoms with E-state index in [1.165, 1.54) is 0 Å². The van der Waals surface area contributed by atoms with Crippen molar-refractivity contribution >= 4 is 17.8 Å². The number of carboxylic acid groups (broad SMARTS) is 1. The molecule has 0 aliphatic carbocycles. The average Bonchev–Trinajstić information content (AvgIpc) is 2.24. The number of hydrogen-bond donors (Lipinski definition) is 4. The van der Waals surface area contributed by atoms with Gasteiger partial charge in [0.15, 0.2) is 6.10 Å². The average molecular weight is 260 g/mol. The first-order valence-electron chi connectivity index (χ1n) is 5.60. The summed E-state index contributed by atoms with van der Waals surface area (Å²) < 4.78 is 0. The van der Waals surface area contributed by atoms with E-state index in [4.69, 9.17) is 10.2 Å². The van der Waals surface area contributed by atoms with Crippen LogP contribution in [-0.2, 0) is 14.4 Å². The summed E-state index contributed by atoms with van der Waals surface area (Å²) in [4.78, 5) is 33.0. The minimum absolute atomic E-state index is 0.0394. The van der Waals surface area contributed by atoms with Crippen LogP contribution in [0.4, 0.5) is 0 Å². The lowest BCUT2D eigenvalue weighted by atomic mass is 9.96. The molecule has 0 bridgehead atoms. The number of carboxylic acids is 1. The quantitative estimate of drug-likeness (QED) is 0.494. The van der Waals surface area contributed by atoms with Crippen LogP contribution in [-0.4, -0.2) is 47.2 Å². The normalized spacial score (nSPS) is 12.7. The molecule has 0 aliphatic heterocycles. The Hall–Kier alpha value is -1.63. The first-order chi connectivity index (χ1) is 8.14. The number of aliphatic hydroxyl groups is 1. The topological polar surface area (TPSA) is 116 Å². The Morgan fingerprint density at radius 3 is 2.17 bits per heavy atom. The van der Waals surface area contributed by atoms with E-state index >= 15 is 0 Å². The maximum absolute atomic E-state index is 11.4. The zero-order chi connectivity index (χ0) is 14.3. The van der Waals surface area contributed by atoms with Gasteiger partial charge in [-0.15, -0.1) is 0 Å². The number of hydrogen-bond acceptors (Lipinski definition) is 4. The second-order valence-corrected chi connectivity index (χ2v) is 4.93. The van der Waals surface area contributed by atoms with Gasteiger partial charge < -0.3 is 20.8 Å². The van der Waals surface area contributed by atoms with Crippen LogP contribution in [0.5, 0.6) is 0 Å². The van der Waals surface area contributed by atoms with E-state index in [0.717, 1.165) is 0 Å². The zero-order valence-corrected chi connectivity index (χ0v) is 10.8. The van der Waals surface area contributed by atoms with E-state index in [9.17, 15) is 14.4 Å². The molecule has 0 spiro atoms. The van der Waals surface area contributed by atoms with Gasteiger partial charge in [-0.1, -0.05) is 20.8 Å². The summed E-state index contributed by atoms with van der Waals surface area (Å²) in [5.41, 5.74) is -0.570. The van der Waals surface area contributed by atoms with Gasteiger partial charge in [0.2, 0.25) is 11.8 Å². The molecule has 0 aromatic rings. The SMILES string of the molecule is CC(C)(C)C(=O)NCC(=O)NCC[C@H](O)C(=O)O. The number of amides is 2. The summed E-state index contributed by atoms with van der Waals surface area (Å²) in [5.74, 6) is -2.00. The van der Waals surface area contributed by atoms with Crippen molar-refractivity contribution in [2.24, 2.45) is 5.41 Å². The summed E-state index contributed by atoms with van der Waals surface area (Å²) in [5, 5.41) is 22.2. The predicted molar refractivity (Wildman–Crippen MR) is 63.7 cm³/mol. The van der Waals surface area contributed by atoms with Crippen LogP contribution >= 0.6 is 0 Å². The third-order valence-electron chi connectivity index (χ3n) is 2.12. The molecule has 0 saturated carbocycles. The Kier molecular flexibility index (Phi) is 6.32. The van der Waals surface area contributed by atoms with Crippen LogP contribution in [0, 0.1) is 5.41 Å². The number of aliphatic hydroxyl groups excluding tert-OH is 1. The molecule has 1 atom stereocenters. The van der Waals surface area contributed by atoms with E-state index in [1.807, 2.05) is 0 Å². The molecule has 104 valence electrons. The lowest BCUT2D eigenvalue weighted by molar-refractivity contribution is -0.147. The fraction of sp³-hybridized carbons (Fsp3) is 0.727. The van der Waals surface area contributed by atoms with Crippen molar-refractivity contribution in [3.05, 3.63) is 0 Å². The highest BCUT2D eigenvalue weighted by atomic mass is 16.4. The van der Waals surface area contributed by atoms with Gasteiger partial charge in [-0.05, 0) is 0 Å². The maximum atomic E-state index is 11.4. The molecule has 0 saturated heterocycles. The van der Waals surface area contributed by atoms with Gasteiger partial charge in [0.25, 0.3) is 0 Å². The summed E-state index contributed by atoms with van der Waals surface area (Å²) in [6.07, 6.45) is -1.57. The molecule has 0 aliphatic rings. The van der Waals surface area contributed by atoms with Crippen LogP contribution in [0.25, 0.3) is 0 Å². The first kappa shape index (κ1) is 16.4. The van der Waals surface area contributed by atoms with Gasteiger partial charge in [0.1, 0.15) is 0 Å². The highest BCUT2D eigenvalue weighted by molar-refractivity contribution is 5.87. The Morgan fingerprint density at radius 2 is 1.72 bits per heavy atom. The molecular weight excluding hydrogens is 240 g/mol. The van der Waals surface area contributed by atoms with Gasteiger partial charge >= 0.3 is 5.97 Å². The number of carbonyl (C=O) groups excluding carboxylic acids is 2. The van der Waals surface area contributed by atoms with Crippen molar-refractivity contribution in [1.82, 2.24) is 10.6 Å². The Bertz CT molecular complexity index is 322. The highest BCUT2D eigenvalue weighted by Gasteiger charge is 2.21. The molecule has 7 nitrogen and oxygen atoms in total. The van der Waals surface area contributed by atoms with Crippen molar-refractivity contribution in [3.8, 4) is 0 Å². The van der Waals surface area contributed by atoms with Crippen LogP contribution in [0.2, 0.25) is 0 Å². The number of aliphatic carboxylic acids is 1. The summed E-state index contributed by atoms with van der Waals surface area (Å²) in [7, 11) is 0. The van der Waals surface area contributed by atoms with Crippen LogP contribution < -0.4 is 10.6 Å². The highest BCUT2D eigenvalue weighted by Crippen LogP contribution is 2.11. The van der Waals surface area contributed by atoms with Crippen molar-refractivity contribution < 1.29 is 24.6 Å². The molecule has 18 heavy (non-hydrogen) atoms. The van der Waals surface area contributed by atoms with Crippen molar-refractivity contribution in [2.75, 3.05) is 13.1 Å². The third-order valence-corrected chi connectivity index (χ3v) is 2.12. The fourth-order valence-corrected chi connectivity index (χ4v) is 0.960. The van der Waals surface area contributed by atoms with E-state index < -0.39 is 23.4 Å². The van der Waals surface area contributed by atoms with Gasteiger partial charge in [-0.25, -0.2) is 4.79 Å². The third kappa shape index (κ3) is 6.85. The molecule has 4 N–H and O–H groups in total. The van der Waals surface area contributed by atoms with E-state index in [0.29, 0.717) is 0 Å². The van der Waals surface area contributed by atoms with Crippen molar-refractivity contribution in [1.29, 1.82) is 0 Å². The lowest BCUT2D eigenvalue weighted by Crippen LogP contribution is -2.42. The summed E-state index contributed by atoms with van der Waals surface area (Å²) >= 11 is 0. The van der Waals surface area contributed by atoms with Crippen LogP contribution in [0.15, 0.2) is 0 Å². The zero-order valence-electron chi connectivity index (χ0n) is 10.8. The Balaban J connectivity index is 3.80. The van der Waals surface area contributed by atoms with E-state index in [1.54, 1.807) is 20.8 Å². The number of nitrogens with one attached hydrogen (secondary N) is 2. The standard InChI is InChI=1S/C11H20N2O5/c1-11(2,3)10(18)13-6-8(15)12-5-4-7(14)9(16)17/h7,14H,4-6H2,1-3H3,(H,12,15)(H,13,18)(H,16,17)/t7-/m0/s1. The van der Waals surface area contributed by atoms with Crippen LogP contribution in [0.3, 0.4) is 0 Å². The maximum Gasteiger partial charge on any atom is 0.332 e. The second kappa shape index (κ2) is 6.95. The molecule has 7 heteroatoms. The lowest BCUT2D eigenvalue weighted by Gasteiger charge is -2.17. The monoisotopic (exact) mass is 260 g/mol. The van der Waals surface area contributed by atoms with E-state index in [2.05, 4.69) is 10.6 Å². The van der Waals surface area contributed by atoms with Crippen LogP contribution in [0.1, 0.15) is 27.2 Å². The molecular formula is C11H20N2O5.